The van der Waals surface area contributed by atoms with Crippen LogP contribution in [-0.4, -0.2) is 52.6 Å². The van der Waals surface area contributed by atoms with Crippen LogP contribution in [0.3, 0.4) is 0 Å². The Balaban J connectivity index is 2.00. The number of carbonyl (C=O) groups is 2. The van der Waals surface area contributed by atoms with Crippen molar-refractivity contribution >= 4 is 34.4 Å². The van der Waals surface area contributed by atoms with Crippen LogP contribution < -0.4 is 0 Å². The zero-order chi connectivity index (χ0) is 22.2. The Morgan fingerprint density at radius 3 is 1.55 bits per heavy atom. The molecular weight excluding hydrogens is 536 g/mol. The van der Waals surface area contributed by atoms with E-state index < -0.39 is 57.4 Å². The highest BCUT2D eigenvalue weighted by Crippen LogP contribution is 2.69. The minimum absolute atomic E-state index is 0.119. The Morgan fingerprint density at radius 2 is 1.17 bits per heavy atom. The molecule has 2 aliphatic rings. The molecule has 1 saturated carbocycles. The van der Waals surface area contributed by atoms with Gasteiger partial charge in [-0.3, -0.25) is 14.5 Å². The van der Waals surface area contributed by atoms with Crippen molar-refractivity contribution in [1.82, 2.24) is 4.90 Å². The Morgan fingerprint density at radius 1 is 0.793 bits per heavy atom. The summed E-state index contributed by atoms with van der Waals surface area (Å²) in [7, 11) is 0. The highest BCUT2D eigenvalue weighted by atomic mass is 127. The van der Waals surface area contributed by atoms with E-state index >= 15 is 0 Å². The molecule has 29 heavy (non-hydrogen) atoms. The van der Waals surface area contributed by atoms with Crippen molar-refractivity contribution in [3.05, 3.63) is 45.0 Å². The molecule has 1 aliphatic heterocycles. The molecule has 3 rings (SSSR count). The number of halogens is 10. The van der Waals surface area contributed by atoms with Gasteiger partial charge in [-0.2, -0.15) is 35.1 Å². The molecule has 1 fully saturated rings. The molecule has 0 N–H and O–H groups in total. The molecule has 3 nitrogen and oxygen atoms in total. The number of hydrogen-bond acceptors (Lipinski definition) is 2. The van der Waals surface area contributed by atoms with Crippen molar-refractivity contribution in [2.75, 3.05) is 6.54 Å². The summed E-state index contributed by atoms with van der Waals surface area (Å²) in [4.78, 5) is 24.7. The van der Waals surface area contributed by atoms with Gasteiger partial charge >= 0.3 is 23.7 Å². The lowest BCUT2D eigenvalue weighted by Crippen LogP contribution is -2.53. The number of alkyl halides is 9. The Hall–Kier alpha value is -1.80. The van der Waals surface area contributed by atoms with E-state index in [4.69, 9.17) is 0 Å². The van der Waals surface area contributed by atoms with Crippen molar-refractivity contribution < 1.29 is 49.1 Å². The number of fused-ring (bicyclic) bond motifs is 1. The summed E-state index contributed by atoms with van der Waals surface area (Å²) in [6, 6.07) is 5.22. The van der Waals surface area contributed by atoms with Crippen LogP contribution in [0.15, 0.2) is 33.9 Å². The van der Waals surface area contributed by atoms with Gasteiger partial charge in [0.2, 0.25) is 0 Å². The lowest BCUT2D eigenvalue weighted by molar-refractivity contribution is -0.303. The summed E-state index contributed by atoms with van der Waals surface area (Å²) in [6.45, 7) is -1.07. The van der Waals surface area contributed by atoms with Gasteiger partial charge in [-0.05, 0) is 40.8 Å². The Kier molecular flexibility index (Phi) is 4.61. The number of nitrogens with zero attached hydrogens (tertiary/aromatic N) is 1. The van der Waals surface area contributed by atoms with Crippen LogP contribution in [0.5, 0.6) is 0 Å². The predicted molar refractivity (Wildman–Crippen MR) is 87.5 cm³/mol. The van der Waals surface area contributed by atoms with Crippen LogP contribution in [0, 0.1) is 0 Å². The van der Waals surface area contributed by atoms with E-state index in [0.29, 0.717) is 4.90 Å². The molecule has 158 valence electrons. The van der Waals surface area contributed by atoms with Gasteiger partial charge in [0, 0.05) is 3.58 Å². The van der Waals surface area contributed by atoms with Crippen LogP contribution in [0.25, 0.3) is 0 Å². The number of carbonyl (C=O) groups excluding carboxylic acids is 2. The maximum absolute atomic E-state index is 14.5. The minimum Gasteiger partial charge on any atom is -0.269 e. The average molecular weight is 543 g/mol. The Labute approximate surface area is 169 Å². The molecule has 0 bridgehead atoms. The van der Waals surface area contributed by atoms with Crippen molar-refractivity contribution in [2.45, 2.75) is 29.4 Å². The summed E-state index contributed by atoms with van der Waals surface area (Å²) in [5.74, 6) is -28.3. The zero-order valence-corrected chi connectivity index (χ0v) is 15.8. The average Bonchev–Trinajstić information content (AvgIpc) is 2.87. The first kappa shape index (κ1) is 21.9. The number of benzene rings is 1. The minimum atomic E-state index is -6.69. The number of hydrogen-bond donors (Lipinski definition) is 0. The first-order valence-corrected chi connectivity index (χ1v) is 8.65. The van der Waals surface area contributed by atoms with Gasteiger partial charge in [0.25, 0.3) is 17.5 Å². The fourth-order valence-electron chi connectivity index (χ4n) is 3.02. The van der Waals surface area contributed by atoms with E-state index in [-0.39, 0.29) is 11.1 Å². The second-order valence-corrected chi connectivity index (χ2v) is 7.73. The largest absolute Gasteiger partial charge is 0.382 e. The maximum Gasteiger partial charge on any atom is 0.382 e. The molecule has 0 unspecified atom stereocenters. The normalized spacial score (nSPS) is 26.0. The van der Waals surface area contributed by atoms with Crippen molar-refractivity contribution in [3.8, 4) is 0 Å². The third kappa shape index (κ3) is 2.45. The van der Waals surface area contributed by atoms with E-state index in [9.17, 15) is 49.1 Å². The zero-order valence-electron chi connectivity index (χ0n) is 13.6. The van der Waals surface area contributed by atoms with Crippen LogP contribution in [0.1, 0.15) is 20.7 Å². The van der Waals surface area contributed by atoms with Crippen LogP contribution in [0.4, 0.5) is 39.5 Å². The van der Waals surface area contributed by atoms with E-state index in [1.165, 1.54) is 24.3 Å². The van der Waals surface area contributed by atoms with Gasteiger partial charge in [0.15, 0.2) is 0 Å². The highest BCUT2D eigenvalue weighted by molar-refractivity contribution is 14.1. The second-order valence-electron chi connectivity index (χ2n) is 6.34. The standard InChI is InChI=1S/C16H7F9INO2/c17-12(13(18,19)15(22,23)16(24,25)14(12,20)21)5-7(26)6-27-10(28)8-3-1-2-4-9(8)11(27)29/h1-5H,6H2. The van der Waals surface area contributed by atoms with Crippen molar-refractivity contribution in [2.24, 2.45) is 0 Å². The van der Waals surface area contributed by atoms with Gasteiger partial charge in [0.05, 0.1) is 17.7 Å². The monoisotopic (exact) mass is 543 g/mol. The third-order valence-corrected chi connectivity index (χ3v) is 5.29. The van der Waals surface area contributed by atoms with Gasteiger partial charge in [-0.1, -0.05) is 12.1 Å². The lowest BCUT2D eigenvalue weighted by Gasteiger charge is -2.28. The van der Waals surface area contributed by atoms with Crippen molar-refractivity contribution in [1.29, 1.82) is 0 Å². The Bertz CT molecular complexity index is 883. The first-order valence-electron chi connectivity index (χ1n) is 7.57. The summed E-state index contributed by atoms with van der Waals surface area (Å²) in [5, 5.41) is 0. The van der Waals surface area contributed by atoms with Gasteiger partial charge in [-0.15, -0.1) is 0 Å². The summed E-state index contributed by atoms with van der Waals surface area (Å²) in [6.07, 6.45) is -0.786. The lowest BCUT2D eigenvalue weighted by atomic mass is 9.96. The SMILES string of the molecule is O=C1c2ccccc2C(=O)N1CC(I)=CC1(F)C(F)(F)C(F)(F)C(F)(F)C1(F)F. The van der Waals surface area contributed by atoms with E-state index in [1.54, 1.807) is 0 Å². The number of imide groups is 1. The summed E-state index contributed by atoms with van der Waals surface area (Å²) < 4.78 is 122. The molecule has 1 aromatic carbocycles. The molecule has 13 heteroatoms. The van der Waals surface area contributed by atoms with E-state index in [1.807, 2.05) is 0 Å². The molecule has 0 radical (unpaired) electrons. The third-order valence-electron chi connectivity index (χ3n) is 4.64. The van der Waals surface area contributed by atoms with E-state index in [0.717, 1.165) is 22.6 Å². The van der Waals surface area contributed by atoms with Crippen LogP contribution in [-0.2, 0) is 0 Å². The molecule has 1 aromatic rings. The molecule has 1 heterocycles. The van der Waals surface area contributed by atoms with Crippen LogP contribution >= 0.6 is 22.6 Å². The quantitative estimate of drug-likeness (QED) is 0.311. The summed E-state index contributed by atoms with van der Waals surface area (Å²) in [5.41, 5.74) is -6.01. The molecular formula is C16H7F9INO2. The van der Waals surface area contributed by atoms with E-state index in [2.05, 4.69) is 0 Å². The van der Waals surface area contributed by atoms with Gasteiger partial charge < -0.3 is 0 Å². The smallest absolute Gasteiger partial charge is 0.269 e. The number of rotatable bonds is 3. The highest BCUT2D eigenvalue weighted by Gasteiger charge is 3.00. The number of allylic oxidation sites excluding steroid dienone is 1. The fraction of sp³-hybridized carbons (Fsp3) is 0.375. The number of amides is 2. The maximum atomic E-state index is 14.5. The topological polar surface area (TPSA) is 37.4 Å². The van der Waals surface area contributed by atoms with Crippen molar-refractivity contribution in [3.63, 3.8) is 0 Å². The molecule has 0 saturated heterocycles. The molecule has 0 aromatic heterocycles. The molecule has 0 spiro atoms. The summed E-state index contributed by atoms with van der Waals surface area (Å²) >= 11 is 0.926. The molecule has 2 amide bonds. The fourth-order valence-corrected chi connectivity index (χ4v) is 3.80. The second kappa shape index (κ2) is 6.11. The first-order chi connectivity index (χ1) is 13.0. The molecule has 0 atom stereocenters. The van der Waals surface area contributed by atoms with Gasteiger partial charge in [-0.25, -0.2) is 4.39 Å². The predicted octanol–water partition coefficient (Wildman–Crippen LogP) is 4.86. The van der Waals surface area contributed by atoms with Crippen LogP contribution in [0.2, 0.25) is 0 Å². The van der Waals surface area contributed by atoms with Gasteiger partial charge in [0.1, 0.15) is 0 Å². The molecule has 1 aliphatic carbocycles.